The van der Waals surface area contributed by atoms with Gasteiger partial charge in [0.25, 0.3) is 5.91 Å². The van der Waals surface area contributed by atoms with E-state index in [1.165, 1.54) is 18.9 Å². The van der Waals surface area contributed by atoms with Crippen molar-refractivity contribution in [2.45, 2.75) is 38.5 Å². The van der Waals surface area contributed by atoms with Gasteiger partial charge in [-0.3, -0.25) is 4.79 Å². The standard InChI is InChI=1S/C26H29Cl2N7O2/c27-20-10-8-17(15-21(20)28)29-23(37)19-9-7-18(16-22(19)36)30-24-31-25(34-11-3-1-4-12-34)33-26(32-24)35-13-5-2-6-14-35/h7-10,15-16,36H,1-6,11-14H2,(H,29,37)(H,30,31,32,33). The van der Waals surface area contributed by atoms with Crippen molar-refractivity contribution in [1.29, 1.82) is 0 Å². The highest BCUT2D eigenvalue weighted by molar-refractivity contribution is 6.42. The zero-order valence-electron chi connectivity index (χ0n) is 20.4. The SMILES string of the molecule is O=C(Nc1ccc(Cl)c(Cl)c1)c1ccc(Nc2nc(N3CCCCC3)nc(N3CCCCC3)n2)cc1O. The first kappa shape index (κ1) is 25.4. The summed E-state index contributed by atoms with van der Waals surface area (Å²) in [6.45, 7) is 3.69. The second-order valence-electron chi connectivity index (χ2n) is 9.29. The molecule has 0 bridgehead atoms. The number of amides is 1. The molecule has 1 aromatic heterocycles. The Morgan fingerprint density at radius 1 is 0.757 bits per heavy atom. The molecule has 3 heterocycles. The first-order valence-corrected chi connectivity index (χ1v) is 13.3. The second-order valence-corrected chi connectivity index (χ2v) is 10.1. The Morgan fingerprint density at radius 3 is 1.92 bits per heavy atom. The number of nitrogens with zero attached hydrogens (tertiary/aromatic N) is 5. The predicted octanol–water partition coefficient (Wildman–Crippen LogP) is 5.86. The van der Waals surface area contributed by atoms with Crippen molar-refractivity contribution in [3.63, 3.8) is 0 Å². The molecule has 0 radical (unpaired) electrons. The lowest BCUT2D eigenvalue weighted by molar-refractivity contribution is 0.102. The van der Waals surface area contributed by atoms with Gasteiger partial charge in [0.05, 0.1) is 15.6 Å². The fourth-order valence-electron chi connectivity index (χ4n) is 4.58. The van der Waals surface area contributed by atoms with Crippen molar-refractivity contribution in [3.8, 4) is 5.75 Å². The van der Waals surface area contributed by atoms with E-state index in [9.17, 15) is 9.90 Å². The molecule has 2 aliphatic rings. The summed E-state index contributed by atoms with van der Waals surface area (Å²) in [6.07, 6.45) is 6.91. The van der Waals surface area contributed by atoms with Crippen molar-refractivity contribution in [3.05, 3.63) is 52.0 Å². The molecular formula is C26H29Cl2N7O2. The van der Waals surface area contributed by atoms with Gasteiger partial charge in [0.2, 0.25) is 17.8 Å². The van der Waals surface area contributed by atoms with E-state index in [-0.39, 0.29) is 11.3 Å². The third kappa shape index (κ3) is 6.17. The van der Waals surface area contributed by atoms with Gasteiger partial charge in [0.15, 0.2) is 0 Å². The molecule has 0 spiro atoms. The Hall–Kier alpha value is -3.30. The molecule has 0 unspecified atom stereocenters. The Kier molecular flexibility index (Phi) is 7.81. The molecule has 3 N–H and O–H groups in total. The van der Waals surface area contributed by atoms with Crippen molar-refractivity contribution in [1.82, 2.24) is 15.0 Å². The summed E-state index contributed by atoms with van der Waals surface area (Å²) in [4.78, 5) is 31.3. The number of halogens is 2. The predicted molar refractivity (Wildman–Crippen MR) is 148 cm³/mol. The van der Waals surface area contributed by atoms with Gasteiger partial charge in [-0.15, -0.1) is 0 Å². The third-order valence-electron chi connectivity index (χ3n) is 6.57. The van der Waals surface area contributed by atoms with E-state index < -0.39 is 5.91 Å². The van der Waals surface area contributed by atoms with E-state index >= 15 is 0 Å². The first-order valence-electron chi connectivity index (χ1n) is 12.6. The summed E-state index contributed by atoms with van der Waals surface area (Å²) < 4.78 is 0. The Balaban J connectivity index is 1.36. The van der Waals surface area contributed by atoms with Crippen LogP contribution in [0.25, 0.3) is 0 Å². The second kappa shape index (κ2) is 11.4. The molecule has 2 aliphatic heterocycles. The van der Waals surface area contributed by atoms with Gasteiger partial charge in [-0.25, -0.2) is 0 Å². The molecule has 11 heteroatoms. The number of hydrogen-bond donors (Lipinski definition) is 3. The molecule has 5 rings (SSSR count). The molecule has 0 aliphatic carbocycles. The fraction of sp³-hybridized carbons (Fsp3) is 0.385. The quantitative estimate of drug-likeness (QED) is 0.356. The Bertz CT molecular complexity index is 1240. The summed E-state index contributed by atoms with van der Waals surface area (Å²) >= 11 is 12.0. The number of aromatic nitrogens is 3. The molecule has 3 aromatic rings. The third-order valence-corrected chi connectivity index (χ3v) is 7.30. The van der Waals surface area contributed by atoms with Gasteiger partial charge in [-0.2, -0.15) is 15.0 Å². The lowest BCUT2D eigenvalue weighted by atomic mass is 10.1. The minimum Gasteiger partial charge on any atom is -0.507 e. The average Bonchev–Trinajstić information content (AvgIpc) is 2.91. The van der Waals surface area contributed by atoms with Crippen LogP contribution < -0.4 is 20.4 Å². The minimum absolute atomic E-state index is 0.121. The van der Waals surface area contributed by atoms with Gasteiger partial charge in [0, 0.05) is 43.6 Å². The van der Waals surface area contributed by atoms with Gasteiger partial charge in [-0.1, -0.05) is 23.2 Å². The summed E-state index contributed by atoms with van der Waals surface area (Å²) in [6, 6.07) is 9.51. The maximum atomic E-state index is 12.7. The van der Waals surface area contributed by atoms with Crippen molar-refractivity contribution in [2.75, 3.05) is 46.6 Å². The maximum Gasteiger partial charge on any atom is 0.259 e. The van der Waals surface area contributed by atoms with Crippen LogP contribution in [0, 0.1) is 0 Å². The van der Waals surface area contributed by atoms with Crippen LogP contribution in [0.3, 0.4) is 0 Å². The number of nitrogens with one attached hydrogen (secondary N) is 2. The fourth-order valence-corrected chi connectivity index (χ4v) is 4.88. The molecule has 2 aromatic carbocycles. The van der Waals surface area contributed by atoms with Crippen molar-refractivity contribution >= 4 is 58.3 Å². The number of hydrogen-bond acceptors (Lipinski definition) is 8. The van der Waals surface area contributed by atoms with Gasteiger partial charge in [-0.05, 0) is 68.9 Å². The highest BCUT2D eigenvalue weighted by atomic mass is 35.5. The van der Waals surface area contributed by atoms with Crippen LogP contribution in [0.4, 0.5) is 29.2 Å². The summed E-state index contributed by atoms with van der Waals surface area (Å²) in [5, 5.41) is 17.2. The molecule has 0 saturated carbocycles. The molecule has 2 saturated heterocycles. The maximum absolute atomic E-state index is 12.7. The highest BCUT2D eigenvalue weighted by Gasteiger charge is 2.21. The highest BCUT2D eigenvalue weighted by Crippen LogP contribution is 2.29. The molecule has 37 heavy (non-hydrogen) atoms. The number of carbonyl (C=O) groups is 1. The average molecular weight is 542 g/mol. The zero-order valence-corrected chi connectivity index (χ0v) is 21.9. The molecule has 194 valence electrons. The number of anilines is 5. The molecule has 1 amide bonds. The van der Waals surface area contributed by atoms with Crippen LogP contribution in [-0.2, 0) is 0 Å². The van der Waals surface area contributed by atoms with E-state index in [4.69, 9.17) is 28.2 Å². The van der Waals surface area contributed by atoms with E-state index in [1.54, 1.807) is 30.3 Å². The molecular weight excluding hydrogens is 513 g/mol. The summed E-state index contributed by atoms with van der Waals surface area (Å²) in [5.74, 6) is 1.09. The molecule has 9 nitrogen and oxygen atoms in total. The van der Waals surface area contributed by atoms with Gasteiger partial charge < -0.3 is 25.5 Å². The minimum atomic E-state index is -0.470. The Labute approximate surface area is 225 Å². The number of phenols is 1. The normalized spacial score (nSPS) is 15.9. The van der Waals surface area contributed by atoms with Gasteiger partial charge in [0.1, 0.15) is 5.75 Å². The smallest absolute Gasteiger partial charge is 0.259 e. The number of piperidine rings is 2. The van der Waals surface area contributed by atoms with E-state index in [2.05, 4.69) is 30.4 Å². The number of aromatic hydroxyl groups is 1. The Morgan fingerprint density at radius 2 is 1.35 bits per heavy atom. The van der Waals surface area contributed by atoms with E-state index in [0.29, 0.717) is 39.3 Å². The van der Waals surface area contributed by atoms with Crippen LogP contribution in [-0.4, -0.2) is 52.1 Å². The van der Waals surface area contributed by atoms with Crippen LogP contribution >= 0.6 is 23.2 Å². The number of rotatable bonds is 6. The monoisotopic (exact) mass is 541 g/mol. The zero-order chi connectivity index (χ0) is 25.8. The van der Waals surface area contributed by atoms with Gasteiger partial charge >= 0.3 is 0 Å². The van der Waals surface area contributed by atoms with Crippen molar-refractivity contribution in [2.24, 2.45) is 0 Å². The summed E-state index contributed by atoms with van der Waals surface area (Å²) in [5.41, 5.74) is 1.15. The molecule has 0 atom stereocenters. The first-order chi connectivity index (χ1) is 18.0. The van der Waals surface area contributed by atoms with E-state index in [0.717, 1.165) is 51.9 Å². The summed E-state index contributed by atoms with van der Waals surface area (Å²) in [7, 11) is 0. The largest absolute Gasteiger partial charge is 0.507 e. The lowest BCUT2D eigenvalue weighted by Crippen LogP contribution is -2.34. The van der Waals surface area contributed by atoms with Crippen LogP contribution in [0.2, 0.25) is 10.0 Å². The number of benzene rings is 2. The molecule has 2 fully saturated rings. The van der Waals surface area contributed by atoms with E-state index in [1.807, 2.05) is 0 Å². The lowest BCUT2D eigenvalue weighted by Gasteiger charge is -2.30. The number of phenolic OH excluding ortho intramolecular Hbond substituents is 1. The van der Waals surface area contributed by atoms with Crippen LogP contribution in [0.1, 0.15) is 48.9 Å². The van der Waals surface area contributed by atoms with Crippen LogP contribution in [0.15, 0.2) is 36.4 Å². The number of carbonyl (C=O) groups excluding carboxylic acids is 1. The van der Waals surface area contributed by atoms with Crippen molar-refractivity contribution < 1.29 is 9.90 Å². The topological polar surface area (TPSA) is 107 Å². The van der Waals surface area contributed by atoms with Crippen LogP contribution in [0.5, 0.6) is 5.75 Å².